The van der Waals surface area contributed by atoms with Gasteiger partial charge in [0.05, 0.1) is 17.7 Å². The molecule has 0 unspecified atom stereocenters. The van der Waals surface area contributed by atoms with Gasteiger partial charge in [-0.1, -0.05) is 0 Å². The zero-order chi connectivity index (χ0) is 16.8. The van der Waals surface area contributed by atoms with E-state index in [9.17, 15) is 14.3 Å². The number of aliphatic hydroxyl groups excluding tert-OH is 1. The number of nitrogens with zero attached hydrogens (tertiary/aromatic N) is 2. The molecular formula is C17H15FN2O3. The van der Waals surface area contributed by atoms with E-state index >= 15 is 0 Å². The molecule has 1 aromatic heterocycles. The van der Waals surface area contributed by atoms with Crippen LogP contribution in [0.1, 0.15) is 31.0 Å². The Bertz CT molecular complexity index is 867. The summed E-state index contributed by atoms with van der Waals surface area (Å²) in [6.07, 6.45) is 0.252. The number of hydrogen-bond donors (Lipinski definition) is 1. The van der Waals surface area contributed by atoms with Crippen LogP contribution in [-0.4, -0.2) is 21.4 Å². The summed E-state index contributed by atoms with van der Waals surface area (Å²) in [5.74, 6) is -0.154. The van der Waals surface area contributed by atoms with Crippen molar-refractivity contribution in [3.63, 3.8) is 0 Å². The van der Waals surface area contributed by atoms with E-state index in [0.717, 1.165) is 12.1 Å². The monoisotopic (exact) mass is 314 g/mol. The highest BCUT2D eigenvalue weighted by Gasteiger charge is 2.44. The highest BCUT2D eigenvalue weighted by molar-refractivity contribution is 5.46. The number of ether oxygens (including phenoxy) is 1. The second kappa shape index (κ2) is 5.21. The number of benzene rings is 1. The van der Waals surface area contributed by atoms with Crippen LogP contribution in [0.25, 0.3) is 0 Å². The molecule has 0 amide bonds. The van der Waals surface area contributed by atoms with Crippen molar-refractivity contribution >= 4 is 0 Å². The average Bonchev–Trinajstić information content (AvgIpc) is 2.49. The van der Waals surface area contributed by atoms with Crippen LogP contribution in [0.3, 0.4) is 0 Å². The minimum Gasteiger partial charge on any atom is -0.485 e. The Morgan fingerprint density at radius 1 is 1.35 bits per heavy atom. The maximum Gasteiger partial charge on any atom is 0.254 e. The van der Waals surface area contributed by atoms with E-state index in [1.807, 2.05) is 6.07 Å². The predicted molar refractivity (Wildman–Crippen MR) is 80.7 cm³/mol. The van der Waals surface area contributed by atoms with Crippen molar-refractivity contribution in [2.24, 2.45) is 0 Å². The molecule has 0 fully saturated rings. The van der Waals surface area contributed by atoms with Crippen LogP contribution in [-0.2, 0) is 0 Å². The Balaban J connectivity index is 2.26. The van der Waals surface area contributed by atoms with Crippen LogP contribution in [0.4, 0.5) is 4.39 Å². The van der Waals surface area contributed by atoms with Crippen LogP contribution in [0.2, 0.25) is 0 Å². The summed E-state index contributed by atoms with van der Waals surface area (Å²) in [4.78, 5) is 12.2. The van der Waals surface area contributed by atoms with Crippen LogP contribution in [0, 0.1) is 17.1 Å². The Morgan fingerprint density at radius 2 is 2.09 bits per heavy atom. The molecule has 2 aromatic rings. The molecule has 23 heavy (non-hydrogen) atoms. The molecule has 2 heterocycles. The lowest BCUT2D eigenvalue weighted by Crippen LogP contribution is -2.52. The minimum atomic E-state index is -1.05. The van der Waals surface area contributed by atoms with E-state index < -0.39 is 29.1 Å². The SMILES string of the molecule is CC1(C)Oc2ccc(C#N)cc2[C@@H](n2ccc(F)cc2=O)[C@@H]1O. The molecule has 5 nitrogen and oxygen atoms in total. The highest BCUT2D eigenvalue weighted by Crippen LogP contribution is 2.41. The molecule has 1 aromatic carbocycles. The summed E-state index contributed by atoms with van der Waals surface area (Å²) < 4.78 is 20.3. The topological polar surface area (TPSA) is 75.2 Å². The van der Waals surface area contributed by atoms with Gasteiger partial charge in [-0.25, -0.2) is 4.39 Å². The normalized spacial score (nSPS) is 21.9. The van der Waals surface area contributed by atoms with Crippen molar-refractivity contribution in [1.29, 1.82) is 5.26 Å². The first-order valence-corrected chi connectivity index (χ1v) is 7.12. The maximum absolute atomic E-state index is 13.2. The van der Waals surface area contributed by atoms with E-state index in [-0.39, 0.29) is 0 Å². The third-order valence-electron chi connectivity index (χ3n) is 4.05. The number of rotatable bonds is 1. The Kier molecular flexibility index (Phi) is 3.46. The third kappa shape index (κ3) is 2.49. The highest BCUT2D eigenvalue weighted by atomic mass is 19.1. The molecule has 0 radical (unpaired) electrons. The first kappa shape index (κ1) is 15.3. The number of nitriles is 1. The number of aliphatic hydroxyl groups is 1. The number of fused-ring (bicyclic) bond motifs is 1. The van der Waals surface area contributed by atoms with Gasteiger partial charge in [-0.05, 0) is 38.1 Å². The van der Waals surface area contributed by atoms with Gasteiger partial charge in [-0.15, -0.1) is 0 Å². The van der Waals surface area contributed by atoms with Crippen molar-refractivity contribution in [2.75, 3.05) is 0 Å². The zero-order valence-electron chi connectivity index (χ0n) is 12.7. The molecule has 118 valence electrons. The second-order valence-corrected chi connectivity index (χ2v) is 6.05. The van der Waals surface area contributed by atoms with E-state index in [0.29, 0.717) is 16.9 Å². The van der Waals surface area contributed by atoms with E-state index in [2.05, 4.69) is 0 Å². The van der Waals surface area contributed by atoms with E-state index in [1.165, 1.54) is 10.8 Å². The van der Waals surface area contributed by atoms with Gasteiger partial charge in [0.2, 0.25) is 0 Å². The number of hydrogen-bond acceptors (Lipinski definition) is 4. The summed E-state index contributed by atoms with van der Waals surface area (Å²) in [7, 11) is 0. The summed E-state index contributed by atoms with van der Waals surface area (Å²) in [6.45, 7) is 3.42. The molecule has 6 heteroatoms. The minimum absolute atomic E-state index is 0.388. The fourth-order valence-electron chi connectivity index (χ4n) is 2.83. The largest absolute Gasteiger partial charge is 0.485 e. The molecule has 0 saturated heterocycles. The molecule has 0 spiro atoms. The van der Waals surface area contributed by atoms with Gasteiger partial charge < -0.3 is 14.4 Å². The lowest BCUT2D eigenvalue weighted by Gasteiger charge is -2.42. The summed E-state index contributed by atoms with van der Waals surface area (Å²) in [6, 6.07) is 8.10. The average molecular weight is 314 g/mol. The maximum atomic E-state index is 13.2. The van der Waals surface area contributed by atoms with Gasteiger partial charge in [0.15, 0.2) is 0 Å². The molecule has 1 aliphatic heterocycles. The van der Waals surface area contributed by atoms with E-state index in [4.69, 9.17) is 10.00 Å². The Morgan fingerprint density at radius 3 is 2.74 bits per heavy atom. The number of pyridine rings is 1. The number of aromatic nitrogens is 1. The summed E-state index contributed by atoms with van der Waals surface area (Å²) in [5.41, 5.74) is -0.608. The summed E-state index contributed by atoms with van der Waals surface area (Å²) >= 11 is 0. The molecule has 2 atom stereocenters. The second-order valence-electron chi connectivity index (χ2n) is 6.05. The van der Waals surface area contributed by atoms with Crippen LogP contribution >= 0.6 is 0 Å². The van der Waals surface area contributed by atoms with Crippen molar-refractivity contribution in [3.8, 4) is 11.8 Å². The Labute approximate surface area is 132 Å². The van der Waals surface area contributed by atoms with Gasteiger partial charge in [-0.2, -0.15) is 5.26 Å². The van der Waals surface area contributed by atoms with Crippen LogP contribution in [0.5, 0.6) is 5.75 Å². The molecule has 0 bridgehead atoms. The van der Waals surface area contributed by atoms with Gasteiger partial charge in [-0.3, -0.25) is 4.79 Å². The fraction of sp³-hybridized carbons (Fsp3) is 0.294. The quantitative estimate of drug-likeness (QED) is 0.873. The third-order valence-corrected chi connectivity index (χ3v) is 4.05. The van der Waals surface area contributed by atoms with Crippen molar-refractivity contribution in [1.82, 2.24) is 4.57 Å². The van der Waals surface area contributed by atoms with Crippen LogP contribution in [0.15, 0.2) is 41.3 Å². The lowest BCUT2D eigenvalue weighted by molar-refractivity contribution is -0.0643. The van der Waals surface area contributed by atoms with Crippen LogP contribution < -0.4 is 10.3 Å². The predicted octanol–water partition coefficient (Wildman–Crippen LogP) is 1.98. The fourth-order valence-corrected chi connectivity index (χ4v) is 2.83. The lowest BCUT2D eigenvalue weighted by atomic mass is 9.85. The zero-order valence-corrected chi connectivity index (χ0v) is 12.7. The first-order valence-electron chi connectivity index (χ1n) is 7.12. The smallest absolute Gasteiger partial charge is 0.254 e. The standard InChI is InChI=1S/C17H15FN2O3/c1-17(2)16(22)15(20-6-5-11(18)8-14(20)21)12-7-10(9-19)3-4-13(12)23-17/h3-8,15-16,22H,1-2H3/t15-,16+/m1/s1. The van der Waals surface area contributed by atoms with Gasteiger partial charge in [0, 0.05) is 17.8 Å². The molecule has 3 rings (SSSR count). The van der Waals surface area contributed by atoms with Gasteiger partial charge in [0.1, 0.15) is 23.3 Å². The molecule has 0 saturated carbocycles. The number of halogens is 1. The molecule has 0 aliphatic carbocycles. The van der Waals surface area contributed by atoms with Crippen molar-refractivity contribution < 1.29 is 14.2 Å². The molecule has 1 N–H and O–H groups in total. The first-order chi connectivity index (χ1) is 10.8. The van der Waals surface area contributed by atoms with Gasteiger partial charge >= 0.3 is 0 Å². The van der Waals surface area contributed by atoms with E-state index in [1.54, 1.807) is 32.0 Å². The molecular weight excluding hydrogens is 299 g/mol. The molecule has 1 aliphatic rings. The van der Waals surface area contributed by atoms with Crippen molar-refractivity contribution in [2.45, 2.75) is 31.6 Å². The summed E-state index contributed by atoms with van der Waals surface area (Å²) in [5, 5.41) is 19.8. The van der Waals surface area contributed by atoms with Crippen molar-refractivity contribution in [3.05, 3.63) is 63.8 Å². The van der Waals surface area contributed by atoms with Gasteiger partial charge in [0.25, 0.3) is 5.56 Å². The Hall–Kier alpha value is -2.65.